The lowest BCUT2D eigenvalue weighted by Gasteiger charge is -2.17. The first-order valence-corrected chi connectivity index (χ1v) is 9.09. The first kappa shape index (κ1) is 22.0. The van der Waals surface area contributed by atoms with Crippen molar-refractivity contribution in [3.8, 4) is 5.75 Å². The first-order valence-electron chi connectivity index (χ1n) is 8.27. The van der Waals surface area contributed by atoms with Gasteiger partial charge < -0.3 is 10.1 Å². The van der Waals surface area contributed by atoms with Crippen LogP contribution in [0, 0.1) is 0 Å². The van der Waals surface area contributed by atoms with Gasteiger partial charge in [-0.05, 0) is 48.4 Å². The summed E-state index contributed by atoms with van der Waals surface area (Å²) < 4.78 is 5.61. The van der Waals surface area contributed by atoms with Crippen molar-refractivity contribution in [2.45, 2.75) is 19.6 Å². The van der Waals surface area contributed by atoms with E-state index >= 15 is 0 Å². The number of nitrogens with zero attached hydrogens (tertiary/aromatic N) is 3. The molecule has 0 unspecified atom stereocenters. The summed E-state index contributed by atoms with van der Waals surface area (Å²) in [7, 11) is 0. The van der Waals surface area contributed by atoms with E-state index in [0.29, 0.717) is 28.1 Å². The van der Waals surface area contributed by atoms with Gasteiger partial charge in [0.1, 0.15) is 12.4 Å². The summed E-state index contributed by atoms with van der Waals surface area (Å²) in [5.41, 5.74) is 3.11. The van der Waals surface area contributed by atoms with Gasteiger partial charge >= 0.3 is 0 Å². The molecule has 2 N–H and O–H groups in total. The fourth-order valence-electron chi connectivity index (χ4n) is 2.73. The number of rotatable bonds is 5. The van der Waals surface area contributed by atoms with Crippen LogP contribution in [0.3, 0.4) is 0 Å². The molecule has 0 saturated carbocycles. The molecule has 0 spiro atoms. The van der Waals surface area contributed by atoms with Crippen molar-refractivity contribution >= 4 is 47.2 Å². The average Bonchev–Trinajstić information content (AvgIpc) is 3.14. The smallest absolute Gasteiger partial charge is 0.257 e. The largest absolute Gasteiger partial charge is 0.486 e. The van der Waals surface area contributed by atoms with Crippen LogP contribution in [-0.2, 0) is 19.6 Å². The van der Waals surface area contributed by atoms with Crippen LogP contribution in [0.4, 0.5) is 5.13 Å². The van der Waals surface area contributed by atoms with E-state index in [2.05, 4.69) is 25.8 Å². The molecule has 28 heavy (non-hydrogen) atoms. The molecule has 1 aliphatic rings. The summed E-state index contributed by atoms with van der Waals surface area (Å²) in [6.45, 7) is 2.09. The molecule has 10 heteroatoms. The van der Waals surface area contributed by atoms with Crippen LogP contribution < -0.4 is 15.4 Å². The Morgan fingerprint density at radius 3 is 2.79 bits per heavy atom. The molecule has 0 bridgehead atoms. The second-order valence-corrected chi connectivity index (χ2v) is 6.90. The molecular formula is C18H19Cl2N5O2S. The Labute approximate surface area is 178 Å². The maximum atomic E-state index is 12.5. The average molecular weight is 440 g/mol. The molecule has 0 fully saturated rings. The van der Waals surface area contributed by atoms with Crippen LogP contribution in [0.5, 0.6) is 5.75 Å². The van der Waals surface area contributed by atoms with Crippen molar-refractivity contribution in [3.63, 3.8) is 0 Å². The van der Waals surface area contributed by atoms with Gasteiger partial charge in [-0.3, -0.25) is 15.1 Å². The van der Waals surface area contributed by atoms with Gasteiger partial charge in [0, 0.05) is 24.5 Å². The zero-order chi connectivity index (χ0) is 17.8. The monoisotopic (exact) mass is 439 g/mol. The van der Waals surface area contributed by atoms with Gasteiger partial charge in [-0.1, -0.05) is 17.4 Å². The van der Waals surface area contributed by atoms with Crippen LogP contribution in [0.25, 0.3) is 0 Å². The Balaban J connectivity index is 0.00000140. The Kier molecular flexibility index (Phi) is 8.13. The van der Waals surface area contributed by atoms with Crippen LogP contribution in [-0.4, -0.2) is 27.6 Å². The molecule has 148 valence electrons. The number of ether oxygens (including phenoxy) is 1. The highest BCUT2D eigenvalue weighted by Crippen LogP contribution is 2.20. The summed E-state index contributed by atoms with van der Waals surface area (Å²) in [4.78, 5) is 16.4. The van der Waals surface area contributed by atoms with Crippen molar-refractivity contribution in [2.24, 2.45) is 0 Å². The normalized spacial score (nSPS) is 12.1. The maximum absolute atomic E-state index is 12.5. The molecule has 0 aliphatic carbocycles. The molecule has 0 saturated heterocycles. The Morgan fingerprint density at radius 2 is 1.96 bits per heavy atom. The molecule has 0 radical (unpaired) electrons. The van der Waals surface area contributed by atoms with Crippen LogP contribution in [0.2, 0.25) is 0 Å². The second-order valence-electron chi connectivity index (χ2n) is 5.84. The highest BCUT2D eigenvalue weighted by atomic mass is 35.5. The standard InChI is InChI=1S/C18H17N5O2S.2ClH/c24-17(13-1-2-14-10-20-6-3-12(14)9-13)21-18-23-22-16(26-18)11-25-15-4-7-19-8-5-15;;/h1-2,4-5,7-9,20H,3,6,10-11H2,(H,21,23,24);2*1H. The topological polar surface area (TPSA) is 89.0 Å². The van der Waals surface area contributed by atoms with E-state index < -0.39 is 0 Å². The Hall–Kier alpha value is -2.26. The van der Waals surface area contributed by atoms with Crippen molar-refractivity contribution in [1.29, 1.82) is 0 Å². The lowest BCUT2D eigenvalue weighted by atomic mass is 9.98. The van der Waals surface area contributed by atoms with Crippen molar-refractivity contribution < 1.29 is 9.53 Å². The molecule has 3 heterocycles. The van der Waals surface area contributed by atoms with E-state index in [4.69, 9.17) is 4.74 Å². The number of fused-ring (bicyclic) bond motifs is 1. The van der Waals surface area contributed by atoms with E-state index in [0.717, 1.165) is 19.5 Å². The molecule has 1 amide bonds. The van der Waals surface area contributed by atoms with Gasteiger partial charge in [0.15, 0.2) is 5.01 Å². The van der Waals surface area contributed by atoms with E-state index in [9.17, 15) is 4.79 Å². The third-order valence-electron chi connectivity index (χ3n) is 4.05. The molecule has 3 aromatic rings. The Bertz CT molecular complexity index is 923. The minimum Gasteiger partial charge on any atom is -0.486 e. The predicted octanol–water partition coefficient (Wildman–Crippen LogP) is 3.25. The second kappa shape index (κ2) is 10.3. The number of pyridine rings is 1. The zero-order valence-electron chi connectivity index (χ0n) is 14.8. The highest BCUT2D eigenvalue weighted by molar-refractivity contribution is 7.15. The number of hydrogen-bond donors (Lipinski definition) is 2. The Morgan fingerprint density at radius 1 is 1.14 bits per heavy atom. The van der Waals surface area contributed by atoms with Gasteiger partial charge in [-0.25, -0.2) is 0 Å². The lowest BCUT2D eigenvalue weighted by Crippen LogP contribution is -2.24. The third kappa shape index (κ3) is 5.39. The predicted molar refractivity (Wildman–Crippen MR) is 113 cm³/mol. The minimum atomic E-state index is -0.177. The fourth-order valence-corrected chi connectivity index (χ4v) is 3.38. The van der Waals surface area contributed by atoms with E-state index in [1.807, 2.05) is 18.2 Å². The van der Waals surface area contributed by atoms with Crippen molar-refractivity contribution in [1.82, 2.24) is 20.5 Å². The SMILES string of the molecule is Cl.Cl.O=C(Nc1nnc(COc2ccncc2)s1)c1ccc2c(c1)CCNC2. The molecular weight excluding hydrogens is 421 g/mol. The van der Waals surface area contributed by atoms with Gasteiger partial charge in [-0.15, -0.1) is 35.0 Å². The van der Waals surface area contributed by atoms with Crippen LogP contribution >= 0.6 is 36.2 Å². The van der Waals surface area contributed by atoms with Crippen LogP contribution in [0.1, 0.15) is 26.5 Å². The van der Waals surface area contributed by atoms with E-state index in [1.54, 1.807) is 24.5 Å². The minimum absolute atomic E-state index is 0. The zero-order valence-corrected chi connectivity index (χ0v) is 17.2. The number of nitrogens with one attached hydrogen (secondary N) is 2. The van der Waals surface area contributed by atoms with Gasteiger partial charge in [0.05, 0.1) is 0 Å². The third-order valence-corrected chi connectivity index (χ3v) is 4.87. The number of hydrogen-bond acceptors (Lipinski definition) is 7. The number of amides is 1. The number of benzene rings is 1. The van der Waals surface area contributed by atoms with Gasteiger partial charge in [0.2, 0.25) is 5.13 Å². The lowest BCUT2D eigenvalue weighted by molar-refractivity contribution is 0.102. The molecule has 1 aliphatic heterocycles. The number of halogens is 2. The number of aromatic nitrogens is 3. The summed E-state index contributed by atoms with van der Waals surface area (Å²) in [6.07, 6.45) is 4.26. The quantitative estimate of drug-likeness (QED) is 0.633. The van der Waals surface area contributed by atoms with E-state index in [-0.39, 0.29) is 30.7 Å². The molecule has 0 atom stereocenters. The summed E-state index contributed by atoms with van der Waals surface area (Å²) >= 11 is 1.30. The van der Waals surface area contributed by atoms with E-state index in [1.165, 1.54) is 22.5 Å². The molecule has 2 aromatic heterocycles. The van der Waals surface area contributed by atoms with Crippen molar-refractivity contribution in [3.05, 3.63) is 64.4 Å². The number of carbonyl (C=O) groups is 1. The van der Waals surface area contributed by atoms with Crippen LogP contribution in [0.15, 0.2) is 42.7 Å². The number of carbonyl (C=O) groups excluding carboxylic acids is 1. The maximum Gasteiger partial charge on any atom is 0.257 e. The fraction of sp³-hybridized carbons (Fsp3) is 0.222. The molecule has 7 nitrogen and oxygen atoms in total. The summed E-state index contributed by atoms with van der Waals surface area (Å²) in [5, 5.41) is 15.4. The van der Waals surface area contributed by atoms with Crippen molar-refractivity contribution in [2.75, 3.05) is 11.9 Å². The first-order chi connectivity index (χ1) is 12.8. The molecule has 1 aromatic carbocycles. The van der Waals surface area contributed by atoms with Gasteiger partial charge in [-0.2, -0.15) is 0 Å². The highest BCUT2D eigenvalue weighted by Gasteiger charge is 2.14. The van der Waals surface area contributed by atoms with Gasteiger partial charge in [0.25, 0.3) is 5.91 Å². The summed E-state index contributed by atoms with van der Waals surface area (Å²) in [5.74, 6) is 0.536. The summed E-state index contributed by atoms with van der Waals surface area (Å²) in [6, 6.07) is 9.35. The molecule has 4 rings (SSSR count). The number of anilines is 1.